The SMILES string of the molecule is CC(=O)Oc1c(C)c(OC(C)=O)c(C(C)=O)c(OC(C)=O)c1Cc1c(OC(C)=O)c2c(c(C(=O)/C=C/c3ccccc3)c1OC(C)=O)OC(C)(C)C=C2. The number of carbonyl (C=O) groups excluding carboxylic acids is 7. The van der Waals surface area contributed by atoms with Gasteiger partial charge in [-0.05, 0) is 51.5 Å². The Morgan fingerprint density at radius 1 is 0.642 bits per heavy atom. The summed E-state index contributed by atoms with van der Waals surface area (Å²) in [6.07, 6.45) is 5.47. The number of allylic oxidation sites excluding steroid dienone is 1. The Morgan fingerprint density at radius 3 is 1.64 bits per heavy atom. The number of benzene rings is 3. The second kappa shape index (κ2) is 15.9. The van der Waals surface area contributed by atoms with Gasteiger partial charge in [0, 0.05) is 57.7 Å². The molecule has 3 aromatic carbocycles. The van der Waals surface area contributed by atoms with E-state index in [1.165, 1.54) is 13.0 Å². The Labute approximate surface area is 305 Å². The average Bonchev–Trinajstić information content (AvgIpc) is 3.03. The first-order chi connectivity index (χ1) is 24.8. The zero-order valence-electron chi connectivity index (χ0n) is 30.7. The first-order valence-corrected chi connectivity index (χ1v) is 16.3. The third kappa shape index (κ3) is 9.11. The predicted molar refractivity (Wildman–Crippen MR) is 191 cm³/mol. The highest BCUT2D eigenvalue weighted by Crippen LogP contribution is 2.52. The molecule has 0 saturated heterocycles. The highest BCUT2D eigenvalue weighted by molar-refractivity contribution is 6.13. The standard InChI is InChI=1S/C40H38O13/c1-20-34(48-22(3)42)29(37(51-25(6)45)32(21(2)41)35(20)49-23(4)43)19-30-36(50-24(5)44)28-17-18-40(8,9)53-39(28)33(38(30)52-26(7)46)31(47)16-15-27-13-11-10-12-14-27/h10-18H,19H2,1-9H3/b16-15+. The van der Waals surface area contributed by atoms with Gasteiger partial charge in [0.05, 0.1) is 5.56 Å². The lowest BCUT2D eigenvalue weighted by Gasteiger charge is -2.32. The van der Waals surface area contributed by atoms with Crippen LogP contribution in [0, 0.1) is 6.92 Å². The largest absolute Gasteiger partial charge is 0.482 e. The van der Waals surface area contributed by atoms with Crippen LogP contribution in [0.5, 0.6) is 34.5 Å². The van der Waals surface area contributed by atoms with Crippen molar-refractivity contribution in [3.63, 3.8) is 0 Å². The van der Waals surface area contributed by atoms with Gasteiger partial charge in [-0.3, -0.25) is 33.6 Å². The summed E-state index contributed by atoms with van der Waals surface area (Å²) in [6.45, 7) is 11.4. The topological polar surface area (TPSA) is 175 Å². The van der Waals surface area contributed by atoms with E-state index in [2.05, 4.69) is 0 Å². The van der Waals surface area contributed by atoms with Crippen molar-refractivity contribution in [2.24, 2.45) is 0 Å². The molecule has 1 aliphatic rings. The van der Waals surface area contributed by atoms with Crippen LogP contribution in [0.25, 0.3) is 12.2 Å². The molecule has 53 heavy (non-hydrogen) atoms. The normalized spacial score (nSPS) is 12.6. The molecule has 4 rings (SSSR count). The van der Waals surface area contributed by atoms with Crippen LogP contribution in [0.15, 0.2) is 42.5 Å². The molecule has 0 N–H and O–H groups in total. The second-order valence-corrected chi connectivity index (χ2v) is 12.6. The molecule has 1 heterocycles. The van der Waals surface area contributed by atoms with Crippen LogP contribution in [0.2, 0.25) is 0 Å². The Balaban J connectivity index is 2.24. The molecule has 0 bridgehead atoms. The minimum Gasteiger partial charge on any atom is -0.482 e. The maximum absolute atomic E-state index is 14.3. The number of carbonyl (C=O) groups is 7. The Kier molecular flexibility index (Phi) is 11.8. The van der Waals surface area contributed by atoms with Gasteiger partial charge in [0.2, 0.25) is 0 Å². The average molecular weight is 727 g/mol. The zero-order valence-corrected chi connectivity index (χ0v) is 30.7. The minimum atomic E-state index is -0.987. The molecule has 13 nitrogen and oxygen atoms in total. The molecular weight excluding hydrogens is 688 g/mol. The predicted octanol–water partition coefficient (Wildman–Crippen LogP) is 6.50. The molecule has 1 aliphatic heterocycles. The third-order valence-corrected chi connectivity index (χ3v) is 7.60. The van der Waals surface area contributed by atoms with E-state index in [1.54, 1.807) is 56.3 Å². The molecule has 0 atom stereocenters. The number of esters is 5. The van der Waals surface area contributed by atoms with Crippen molar-refractivity contribution in [1.82, 2.24) is 0 Å². The van der Waals surface area contributed by atoms with Gasteiger partial charge in [-0.25, -0.2) is 0 Å². The van der Waals surface area contributed by atoms with E-state index in [1.807, 2.05) is 6.07 Å². The highest BCUT2D eigenvalue weighted by atomic mass is 16.6. The van der Waals surface area contributed by atoms with Crippen molar-refractivity contribution in [1.29, 1.82) is 0 Å². The summed E-state index contributed by atoms with van der Waals surface area (Å²) in [5.41, 5.74) is -1.08. The molecule has 0 fully saturated rings. The van der Waals surface area contributed by atoms with Crippen LogP contribution in [0.3, 0.4) is 0 Å². The molecule has 0 amide bonds. The Bertz CT molecular complexity index is 2120. The third-order valence-electron chi connectivity index (χ3n) is 7.60. The van der Waals surface area contributed by atoms with Crippen molar-refractivity contribution in [2.45, 2.75) is 74.3 Å². The van der Waals surface area contributed by atoms with Gasteiger partial charge in [0.25, 0.3) is 0 Å². The molecule has 276 valence electrons. The second-order valence-electron chi connectivity index (χ2n) is 12.6. The number of rotatable bonds is 11. The number of hydrogen-bond donors (Lipinski definition) is 0. The van der Waals surface area contributed by atoms with Crippen LogP contribution in [0.1, 0.15) is 104 Å². The van der Waals surface area contributed by atoms with Crippen LogP contribution in [-0.2, 0) is 30.4 Å². The fourth-order valence-electron chi connectivity index (χ4n) is 5.66. The summed E-state index contributed by atoms with van der Waals surface area (Å²) in [5.74, 6) is -7.43. The lowest BCUT2D eigenvalue weighted by atomic mass is 9.88. The monoisotopic (exact) mass is 726 g/mol. The lowest BCUT2D eigenvalue weighted by molar-refractivity contribution is -0.133. The molecular formula is C40H38O13. The fraction of sp³-hybridized carbons (Fsp3) is 0.275. The highest BCUT2D eigenvalue weighted by Gasteiger charge is 2.38. The summed E-state index contributed by atoms with van der Waals surface area (Å²) in [5, 5.41) is 0. The van der Waals surface area contributed by atoms with Crippen molar-refractivity contribution in [2.75, 3.05) is 0 Å². The van der Waals surface area contributed by atoms with E-state index in [4.69, 9.17) is 28.4 Å². The molecule has 0 aromatic heterocycles. The molecule has 0 unspecified atom stereocenters. The van der Waals surface area contributed by atoms with Crippen molar-refractivity contribution < 1.29 is 62.0 Å². The number of fused-ring (bicyclic) bond motifs is 1. The van der Waals surface area contributed by atoms with Gasteiger partial charge in [0.15, 0.2) is 28.8 Å². The van der Waals surface area contributed by atoms with Gasteiger partial charge in [-0.15, -0.1) is 0 Å². The Hall–Kier alpha value is -6.37. The number of ether oxygens (including phenoxy) is 6. The molecule has 0 spiro atoms. The van der Waals surface area contributed by atoms with Crippen LogP contribution < -0.4 is 28.4 Å². The number of ketones is 2. The summed E-state index contributed by atoms with van der Waals surface area (Å²) >= 11 is 0. The van der Waals surface area contributed by atoms with E-state index in [0.29, 0.717) is 5.56 Å². The molecule has 0 aliphatic carbocycles. The Morgan fingerprint density at radius 2 is 1.11 bits per heavy atom. The smallest absolute Gasteiger partial charge is 0.308 e. The van der Waals surface area contributed by atoms with Gasteiger partial charge in [0.1, 0.15) is 34.0 Å². The van der Waals surface area contributed by atoms with Crippen molar-refractivity contribution in [3.8, 4) is 34.5 Å². The quantitative estimate of drug-likeness (QED) is 0.0908. The molecule has 13 heteroatoms. The van der Waals surface area contributed by atoms with E-state index in [-0.39, 0.29) is 56.4 Å². The molecule has 0 radical (unpaired) electrons. The van der Waals surface area contributed by atoms with Crippen LogP contribution in [0.4, 0.5) is 0 Å². The van der Waals surface area contributed by atoms with Crippen molar-refractivity contribution >= 4 is 53.6 Å². The van der Waals surface area contributed by atoms with E-state index in [0.717, 1.165) is 41.5 Å². The van der Waals surface area contributed by atoms with Crippen LogP contribution >= 0.6 is 0 Å². The first-order valence-electron chi connectivity index (χ1n) is 16.3. The number of hydrogen-bond acceptors (Lipinski definition) is 13. The minimum absolute atomic E-state index is 0.0143. The van der Waals surface area contributed by atoms with E-state index < -0.39 is 64.9 Å². The zero-order chi connectivity index (χ0) is 39.4. The van der Waals surface area contributed by atoms with E-state index >= 15 is 0 Å². The van der Waals surface area contributed by atoms with Gasteiger partial charge in [-0.1, -0.05) is 36.4 Å². The maximum atomic E-state index is 14.3. The summed E-state index contributed by atoms with van der Waals surface area (Å²) in [7, 11) is 0. The molecule has 3 aromatic rings. The fourth-order valence-corrected chi connectivity index (χ4v) is 5.66. The molecule has 0 saturated carbocycles. The van der Waals surface area contributed by atoms with Gasteiger partial charge in [-0.2, -0.15) is 0 Å². The van der Waals surface area contributed by atoms with Crippen LogP contribution in [-0.4, -0.2) is 47.0 Å². The van der Waals surface area contributed by atoms with Gasteiger partial charge < -0.3 is 28.4 Å². The summed E-state index contributed by atoms with van der Waals surface area (Å²) < 4.78 is 34.4. The van der Waals surface area contributed by atoms with E-state index in [9.17, 15) is 33.6 Å². The first kappa shape index (κ1) is 39.4. The summed E-state index contributed by atoms with van der Waals surface area (Å²) in [6, 6.07) is 8.91. The van der Waals surface area contributed by atoms with Crippen molar-refractivity contribution in [3.05, 3.63) is 81.4 Å². The summed E-state index contributed by atoms with van der Waals surface area (Å²) in [4.78, 5) is 90.4. The van der Waals surface area contributed by atoms with Gasteiger partial charge >= 0.3 is 29.8 Å². The lowest BCUT2D eigenvalue weighted by Crippen LogP contribution is -2.29. The number of Topliss-reactive ketones (excluding diaryl/α,β-unsaturated/α-hetero) is 1. The maximum Gasteiger partial charge on any atom is 0.308 e.